The molecule has 3 heteroatoms. The van der Waals surface area contributed by atoms with Gasteiger partial charge in [0.25, 0.3) is 0 Å². The van der Waals surface area contributed by atoms with Crippen molar-refractivity contribution in [2.45, 2.75) is 19.5 Å². The molecular weight excluding hydrogens is 280 g/mol. The van der Waals surface area contributed by atoms with E-state index in [0.717, 1.165) is 11.6 Å². The molecule has 1 atom stereocenters. The first-order valence-electron chi connectivity index (χ1n) is 7.04. The van der Waals surface area contributed by atoms with Crippen molar-refractivity contribution in [2.24, 2.45) is 0 Å². The van der Waals surface area contributed by atoms with Crippen LogP contribution in [0.15, 0.2) is 60.9 Å². The third-order valence-corrected chi connectivity index (χ3v) is 3.90. The van der Waals surface area contributed by atoms with Crippen LogP contribution < -0.4 is 5.32 Å². The Labute approximate surface area is 129 Å². The van der Waals surface area contributed by atoms with Gasteiger partial charge in [-0.15, -0.1) is 0 Å². The lowest BCUT2D eigenvalue weighted by molar-refractivity contribution is 0.575. The lowest BCUT2D eigenvalue weighted by Gasteiger charge is -2.15. The number of hydrogen-bond acceptors (Lipinski definition) is 2. The number of nitrogens with one attached hydrogen (secondary N) is 1. The van der Waals surface area contributed by atoms with Crippen LogP contribution in [0.25, 0.3) is 10.8 Å². The van der Waals surface area contributed by atoms with Gasteiger partial charge in [0.05, 0.1) is 0 Å². The third-order valence-electron chi connectivity index (χ3n) is 3.67. The largest absolute Gasteiger partial charge is 0.306 e. The van der Waals surface area contributed by atoms with Crippen molar-refractivity contribution in [1.29, 1.82) is 0 Å². The van der Waals surface area contributed by atoms with E-state index in [4.69, 9.17) is 11.6 Å². The van der Waals surface area contributed by atoms with E-state index >= 15 is 0 Å². The highest BCUT2D eigenvalue weighted by atomic mass is 35.5. The Balaban J connectivity index is 1.71. The van der Waals surface area contributed by atoms with Gasteiger partial charge in [-0.25, -0.2) is 0 Å². The monoisotopic (exact) mass is 296 g/mol. The summed E-state index contributed by atoms with van der Waals surface area (Å²) >= 11 is 6.04. The fourth-order valence-corrected chi connectivity index (χ4v) is 2.61. The first-order chi connectivity index (χ1) is 10.2. The summed E-state index contributed by atoms with van der Waals surface area (Å²) in [6.45, 7) is 2.97. The van der Waals surface area contributed by atoms with Gasteiger partial charge in [0, 0.05) is 35.4 Å². The predicted molar refractivity (Wildman–Crippen MR) is 88.4 cm³/mol. The molecule has 0 aliphatic carbocycles. The number of pyridine rings is 1. The number of benzene rings is 2. The number of aromatic nitrogens is 1. The number of fused-ring (bicyclic) bond motifs is 1. The zero-order chi connectivity index (χ0) is 14.7. The molecule has 0 spiro atoms. The molecular formula is C18H17ClN2. The highest BCUT2D eigenvalue weighted by Gasteiger charge is 2.05. The molecule has 0 saturated heterocycles. The van der Waals surface area contributed by atoms with E-state index in [0.29, 0.717) is 0 Å². The fourth-order valence-electron chi connectivity index (χ4n) is 2.41. The van der Waals surface area contributed by atoms with Gasteiger partial charge in [0.1, 0.15) is 0 Å². The molecule has 1 N–H and O–H groups in total. The quantitative estimate of drug-likeness (QED) is 0.752. The van der Waals surface area contributed by atoms with Crippen molar-refractivity contribution < 1.29 is 0 Å². The zero-order valence-corrected chi connectivity index (χ0v) is 12.6. The number of nitrogens with zero attached hydrogens (tertiary/aromatic N) is 1. The standard InChI is InChI=1S/C18H17ClN2/c1-13(15-3-2-4-18(19)10-15)21-11-14-5-6-17-12-20-8-7-16(17)9-14/h2-10,12-13,21H,11H2,1H3/t13-/m1/s1. The Hall–Kier alpha value is -1.90. The minimum absolute atomic E-state index is 0.261. The van der Waals surface area contributed by atoms with Crippen LogP contribution in [-0.4, -0.2) is 4.98 Å². The number of rotatable bonds is 4. The first-order valence-corrected chi connectivity index (χ1v) is 7.42. The van der Waals surface area contributed by atoms with Gasteiger partial charge in [-0.05, 0) is 47.7 Å². The minimum Gasteiger partial charge on any atom is -0.306 e. The maximum atomic E-state index is 6.04. The molecule has 0 saturated carbocycles. The molecule has 106 valence electrons. The summed E-state index contributed by atoms with van der Waals surface area (Å²) in [6.07, 6.45) is 3.72. The summed E-state index contributed by atoms with van der Waals surface area (Å²) in [6, 6.07) is 16.7. The molecule has 0 unspecified atom stereocenters. The van der Waals surface area contributed by atoms with Gasteiger partial charge in [-0.3, -0.25) is 4.98 Å². The van der Waals surface area contributed by atoms with Crippen molar-refractivity contribution in [1.82, 2.24) is 10.3 Å². The molecule has 21 heavy (non-hydrogen) atoms. The Bertz CT molecular complexity index is 755. The molecule has 1 aromatic heterocycles. The van der Waals surface area contributed by atoms with Crippen molar-refractivity contribution in [2.75, 3.05) is 0 Å². The topological polar surface area (TPSA) is 24.9 Å². The third kappa shape index (κ3) is 3.41. The van der Waals surface area contributed by atoms with Crippen LogP contribution in [0.2, 0.25) is 5.02 Å². The molecule has 0 amide bonds. The zero-order valence-electron chi connectivity index (χ0n) is 11.9. The van der Waals surface area contributed by atoms with E-state index in [1.165, 1.54) is 21.9 Å². The van der Waals surface area contributed by atoms with Gasteiger partial charge in [0.15, 0.2) is 0 Å². The molecule has 0 aliphatic heterocycles. The molecule has 0 aliphatic rings. The maximum Gasteiger partial charge on any atom is 0.0409 e. The Morgan fingerprint density at radius 3 is 2.86 bits per heavy atom. The van der Waals surface area contributed by atoms with Gasteiger partial charge in [0.2, 0.25) is 0 Å². The second kappa shape index (κ2) is 6.25. The summed E-state index contributed by atoms with van der Waals surface area (Å²) in [5.41, 5.74) is 2.47. The van der Waals surface area contributed by atoms with Crippen LogP contribution >= 0.6 is 11.6 Å². The van der Waals surface area contributed by atoms with Gasteiger partial charge in [-0.2, -0.15) is 0 Å². The van der Waals surface area contributed by atoms with E-state index in [1.54, 1.807) is 0 Å². The van der Waals surface area contributed by atoms with Crippen molar-refractivity contribution in [3.05, 3.63) is 77.1 Å². The van der Waals surface area contributed by atoms with Crippen molar-refractivity contribution in [3.63, 3.8) is 0 Å². The summed E-state index contributed by atoms with van der Waals surface area (Å²) in [7, 11) is 0. The molecule has 0 radical (unpaired) electrons. The Kier molecular flexibility index (Phi) is 4.18. The molecule has 0 fully saturated rings. The van der Waals surface area contributed by atoms with Crippen LogP contribution in [0.4, 0.5) is 0 Å². The summed E-state index contributed by atoms with van der Waals surface area (Å²) in [5, 5.41) is 6.70. The molecule has 1 heterocycles. The molecule has 3 aromatic rings. The molecule has 3 rings (SSSR count). The van der Waals surface area contributed by atoms with Gasteiger partial charge < -0.3 is 5.32 Å². The number of halogens is 1. The van der Waals surface area contributed by atoms with Crippen LogP contribution in [0.5, 0.6) is 0 Å². The average molecular weight is 297 g/mol. The first kappa shape index (κ1) is 14.1. The van der Waals surface area contributed by atoms with Gasteiger partial charge in [-0.1, -0.05) is 35.9 Å². The van der Waals surface area contributed by atoms with Crippen LogP contribution in [0.1, 0.15) is 24.1 Å². The smallest absolute Gasteiger partial charge is 0.0409 e. The highest BCUT2D eigenvalue weighted by Crippen LogP contribution is 2.19. The van der Waals surface area contributed by atoms with Crippen molar-refractivity contribution in [3.8, 4) is 0 Å². The summed E-state index contributed by atoms with van der Waals surface area (Å²) in [4.78, 5) is 4.14. The summed E-state index contributed by atoms with van der Waals surface area (Å²) in [5.74, 6) is 0. The predicted octanol–water partition coefficient (Wildman–Crippen LogP) is 4.74. The van der Waals surface area contributed by atoms with E-state index in [2.05, 4.69) is 41.5 Å². The van der Waals surface area contributed by atoms with E-state index < -0.39 is 0 Å². The normalized spacial score (nSPS) is 12.5. The SMILES string of the molecule is C[C@@H](NCc1ccc2cnccc2c1)c1cccc(Cl)c1. The van der Waals surface area contributed by atoms with E-state index in [9.17, 15) is 0 Å². The van der Waals surface area contributed by atoms with E-state index in [1.807, 2.05) is 36.7 Å². The second-order valence-corrected chi connectivity index (χ2v) is 5.65. The second-order valence-electron chi connectivity index (χ2n) is 5.21. The maximum absolute atomic E-state index is 6.04. The lowest BCUT2D eigenvalue weighted by Crippen LogP contribution is -2.18. The highest BCUT2D eigenvalue weighted by molar-refractivity contribution is 6.30. The van der Waals surface area contributed by atoms with Crippen LogP contribution in [0.3, 0.4) is 0 Å². The Morgan fingerprint density at radius 2 is 2.00 bits per heavy atom. The van der Waals surface area contributed by atoms with Gasteiger partial charge >= 0.3 is 0 Å². The summed E-state index contributed by atoms with van der Waals surface area (Å²) < 4.78 is 0. The van der Waals surface area contributed by atoms with E-state index in [-0.39, 0.29) is 6.04 Å². The molecule has 2 nitrogen and oxygen atoms in total. The molecule has 2 aromatic carbocycles. The minimum atomic E-state index is 0.261. The average Bonchev–Trinajstić information content (AvgIpc) is 2.52. The van der Waals surface area contributed by atoms with Crippen molar-refractivity contribution >= 4 is 22.4 Å². The van der Waals surface area contributed by atoms with Crippen LogP contribution in [-0.2, 0) is 6.54 Å². The van der Waals surface area contributed by atoms with Crippen LogP contribution in [0, 0.1) is 0 Å². The molecule has 0 bridgehead atoms. The fraction of sp³-hybridized carbons (Fsp3) is 0.167. The Morgan fingerprint density at radius 1 is 1.10 bits per heavy atom. The lowest BCUT2D eigenvalue weighted by atomic mass is 10.1. The number of hydrogen-bond donors (Lipinski definition) is 1.